The molecule has 0 N–H and O–H groups in total. The zero-order valence-electron chi connectivity index (χ0n) is 8.11. The van der Waals surface area contributed by atoms with Crippen molar-refractivity contribution < 1.29 is 25.9 Å². The molecule has 2 aromatic heterocycles. The summed E-state index contributed by atoms with van der Waals surface area (Å²) < 4.78 is 10.1. The van der Waals surface area contributed by atoms with Gasteiger partial charge in [0.25, 0.3) is 3.90 Å². The summed E-state index contributed by atoms with van der Waals surface area (Å²) in [5.74, 6) is 0.727. The second kappa shape index (κ2) is 6.47. The Labute approximate surface area is 131 Å². The van der Waals surface area contributed by atoms with Gasteiger partial charge in [0, 0.05) is 32.6 Å². The third kappa shape index (κ3) is 3.78. The summed E-state index contributed by atoms with van der Waals surface area (Å²) in [6, 6.07) is 0. The topological polar surface area (TPSA) is 56.7 Å². The second-order valence-electron chi connectivity index (χ2n) is 2.88. The van der Waals surface area contributed by atoms with Crippen molar-refractivity contribution >= 4 is 45.2 Å². The smallest absolute Gasteiger partial charge is 0.416 e. The Balaban J connectivity index is 1.79. The van der Waals surface area contributed by atoms with E-state index >= 15 is 0 Å². The molecule has 0 aliphatic carbocycles. The van der Waals surface area contributed by atoms with Gasteiger partial charge >= 0.3 is 21.5 Å². The molecule has 86 valence electrons. The van der Waals surface area contributed by atoms with E-state index in [1.54, 1.807) is 0 Å². The summed E-state index contributed by atoms with van der Waals surface area (Å²) in [7, 11) is 0. The molecular formula is C8H8I3N4O+. The van der Waals surface area contributed by atoms with Gasteiger partial charge in [-0.15, -0.1) is 15.3 Å². The first-order valence-electron chi connectivity index (χ1n) is 4.45. The fourth-order valence-electron chi connectivity index (χ4n) is 1.01. The normalized spacial score (nSPS) is 10.9. The molecule has 0 aliphatic heterocycles. The molecule has 0 atom stereocenters. The summed E-state index contributed by atoms with van der Waals surface area (Å²) in [6.45, 7) is 0. The molecule has 16 heavy (non-hydrogen) atoms. The molecule has 0 saturated heterocycles. The van der Waals surface area contributed by atoms with Crippen LogP contribution >= 0.6 is 45.2 Å². The van der Waals surface area contributed by atoms with Crippen molar-refractivity contribution in [1.29, 1.82) is 0 Å². The number of hydrogen-bond acceptors (Lipinski definition) is 4. The van der Waals surface area contributed by atoms with Gasteiger partial charge in [0.2, 0.25) is 5.89 Å². The van der Waals surface area contributed by atoms with Crippen LogP contribution in [0.3, 0.4) is 0 Å². The van der Waals surface area contributed by atoms with E-state index in [4.69, 9.17) is 4.42 Å². The van der Waals surface area contributed by atoms with E-state index in [-0.39, 0.29) is 21.5 Å². The molecule has 8 heteroatoms. The lowest BCUT2D eigenvalue weighted by Crippen LogP contribution is -3.65. The molecule has 0 saturated carbocycles. The third-order valence-corrected chi connectivity index (χ3v) is 5.28. The molecule has 2 rings (SSSR count). The Morgan fingerprint density at radius 1 is 1.44 bits per heavy atom. The largest absolute Gasteiger partial charge is 0.444 e. The summed E-state index contributed by atoms with van der Waals surface area (Å²) in [5, 5.41) is 12.1. The van der Waals surface area contributed by atoms with Gasteiger partial charge in [0.1, 0.15) is 0 Å². The van der Waals surface area contributed by atoms with Gasteiger partial charge < -0.3 is 4.42 Å². The first-order valence-corrected chi connectivity index (χ1v) is 9.54. The van der Waals surface area contributed by atoms with Crippen molar-refractivity contribution in [1.82, 2.24) is 18.2 Å². The van der Waals surface area contributed by atoms with Crippen LogP contribution < -0.4 is 21.5 Å². The number of nitrogens with zero attached hydrogens (tertiary/aromatic N) is 4. The summed E-state index contributed by atoms with van der Waals surface area (Å²) in [5.41, 5.74) is 1.28. The van der Waals surface area contributed by atoms with E-state index in [0.29, 0.717) is 3.90 Å². The van der Waals surface area contributed by atoms with Crippen LogP contribution in [0.5, 0.6) is 0 Å². The van der Waals surface area contributed by atoms with E-state index < -0.39 is 0 Å². The standard InChI is InChI=1S/C8H8I3N4O/c9-3-6-4-12-15(5-6)11-2-1-7-13-14-8(10)16-7/h4-5H,1-3H2/q+1. The van der Waals surface area contributed by atoms with E-state index in [1.807, 2.05) is 28.8 Å². The fourth-order valence-corrected chi connectivity index (χ4v) is 3.82. The molecule has 0 unspecified atom stereocenters. The predicted octanol–water partition coefficient (Wildman–Crippen LogP) is -1.10. The van der Waals surface area contributed by atoms with Crippen LogP contribution in [0, 0.1) is 3.90 Å². The van der Waals surface area contributed by atoms with Crippen LogP contribution in [0.4, 0.5) is 0 Å². The lowest BCUT2D eigenvalue weighted by Gasteiger charge is -1.83. The van der Waals surface area contributed by atoms with E-state index in [0.717, 1.165) is 21.2 Å². The molecule has 0 amide bonds. The average molecular weight is 557 g/mol. The van der Waals surface area contributed by atoms with Crippen molar-refractivity contribution in [2.45, 2.75) is 10.8 Å². The maximum atomic E-state index is 5.30. The highest BCUT2D eigenvalue weighted by Crippen LogP contribution is 2.02. The summed E-state index contributed by atoms with van der Waals surface area (Å²) >= 11 is 4.26. The third-order valence-electron chi connectivity index (χ3n) is 1.72. The molecular weight excluding hydrogens is 549 g/mol. The number of halogens is 3. The molecule has 0 fully saturated rings. The van der Waals surface area contributed by atoms with Crippen molar-refractivity contribution in [2.75, 3.05) is 4.43 Å². The highest BCUT2D eigenvalue weighted by Gasteiger charge is 2.15. The highest BCUT2D eigenvalue weighted by molar-refractivity contribution is 14.1. The number of aromatic nitrogens is 4. The van der Waals surface area contributed by atoms with Crippen molar-refractivity contribution in [3.8, 4) is 0 Å². The minimum Gasteiger partial charge on any atom is -0.416 e. The Hall–Kier alpha value is 0.540. The van der Waals surface area contributed by atoms with Crippen molar-refractivity contribution in [2.24, 2.45) is 0 Å². The van der Waals surface area contributed by atoms with Gasteiger partial charge in [-0.3, -0.25) is 0 Å². The van der Waals surface area contributed by atoms with Gasteiger partial charge in [-0.2, -0.15) is 0 Å². The number of aryl methyl sites for hydroxylation is 1. The van der Waals surface area contributed by atoms with Gasteiger partial charge in [0.15, 0.2) is 4.43 Å². The Kier molecular flexibility index (Phi) is 5.25. The lowest BCUT2D eigenvalue weighted by molar-refractivity contribution is -0.717. The lowest BCUT2D eigenvalue weighted by atomic mass is 10.4. The molecule has 0 radical (unpaired) electrons. The Bertz CT molecular complexity index is 456. The number of hydrogen-bond donors (Lipinski definition) is 0. The maximum Gasteiger partial charge on any atom is 0.444 e. The quantitative estimate of drug-likeness (QED) is 0.347. The van der Waals surface area contributed by atoms with Crippen LogP contribution in [0.1, 0.15) is 11.5 Å². The SMILES string of the molecule is ICc1cnn([I+]CCc2nnc(I)o2)c1. The molecule has 0 aromatic carbocycles. The minimum absolute atomic E-state index is 0.103. The first kappa shape index (κ1) is 13.0. The zero-order chi connectivity index (χ0) is 11.4. The molecule has 2 aromatic rings. The van der Waals surface area contributed by atoms with Gasteiger partial charge in [-0.25, -0.2) is 0 Å². The summed E-state index contributed by atoms with van der Waals surface area (Å²) in [4.78, 5) is 0. The van der Waals surface area contributed by atoms with Crippen LogP contribution in [-0.4, -0.2) is 22.6 Å². The van der Waals surface area contributed by atoms with Crippen LogP contribution in [-0.2, 0) is 10.8 Å². The fraction of sp³-hybridized carbons (Fsp3) is 0.375. The van der Waals surface area contributed by atoms with Crippen LogP contribution in [0.15, 0.2) is 16.8 Å². The summed E-state index contributed by atoms with van der Waals surface area (Å²) in [6.07, 6.45) is 4.90. The zero-order valence-corrected chi connectivity index (χ0v) is 14.6. The van der Waals surface area contributed by atoms with Gasteiger partial charge in [-0.1, -0.05) is 25.5 Å². The molecule has 2 heterocycles. The Morgan fingerprint density at radius 2 is 2.31 bits per heavy atom. The van der Waals surface area contributed by atoms with Crippen molar-refractivity contribution in [3.63, 3.8) is 0 Å². The average Bonchev–Trinajstić information content (AvgIpc) is 2.88. The number of alkyl halides is 2. The molecule has 0 aliphatic rings. The monoisotopic (exact) mass is 557 g/mol. The van der Waals surface area contributed by atoms with E-state index in [1.165, 1.54) is 5.56 Å². The van der Waals surface area contributed by atoms with E-state index in [9.17, 15) is 0 Å². The van der Waals surface area contributed by atoms with Crippen molar-refractivity contribution in [3.05, 3.63) is 27.7 Å². The van der Waals surface area contributed by atoms with Crippen LogP contribution in [0.25, 0.3) is 0 Å². The van der Waals surface area contributed by atoms with Gasteiger partial charge in [-0.05, 0) is 0 Å². The van der Waals surface area contributed by atoms with E-state index in [2.05, 4.69) is 47.0 Å². The predicted molar refractivity (Wildman–Crippen MR) is 70.9 cm³/mol. The second-order valence-corrected chi connectivity index (χ2v) is 7.31. The maximum absolute atomic E-state index is 5.30. The minimum atomic E-state index is -0.103. The molecule has 5 nitrogen and oxygen atoms in total. The van der Waals surface area contributed by atoms with Crippen LogP contribution in [0.2, 0.25) is 0 Å². The molecule has 0 bridgehead atoms. The Morgan fingerprint density at radius 3 is 2.94 bits per heavy atom. The van der Waals surface area contributed by atoms with Gasteiger partial charge in [0.05, 0.1) is 18.8 Å². The first-order chi connectivity index (χ1) is 7.78. The number of rotatable bonds is 5. The highest BCUT2D eigenvalue weighted by atomic mass is 127. The molecule has 0 spiro atoms.